The van der Waals surface area contributed by atoms with Crippen LogP contribution in [-0.2, 0) is 9.53 Å². The summed E-state index contributed by atoms with van der Waals surface area (Å²) in [5, 5.41) is 2.81. The molecule has 0 saturated heterocycles. The molecule has 0 spiro atoms. The second-order valence-corrected chi connectivity index (χ2v) is 7.81. The molecular formula is C21H26N2O4S. The molecule has 28 heavy (non-hydrogen) atoms. The predicted octanol–water partition coefficient (Wildman–Crippen LogP) is 4.50. The van der Waals surface area contributed by atoms with Crippen molar-refractivity contribution in [3.63, 3.8) is 0 Å². The summed E-state index contributed by atoms with van der Waals surface area (Å²) in [4.78, 5) is 19.3. The lowest BCUT2D eigenvalue weighted by Gasteiger charge is -2.33. The van der Waals surface area contributed by atoms with Gasteiger partial charge in [-0.25, -0.2) is 9.79 Å². The molecule has 2 aliphatic rings. The molecular weight excluding hydrogens is 376 g/mol. The van der Waals surface area contributed by atoms with E-state index in [9.17, 15) is 4.79 Å². The van der Waals surface area contributed by atoms with Gasteiger partial charge in [0.2, 0.25) is 0 Å². The van der Waals surface area contributed by atoms with Crippen LogP contribution in [0.3, 0.4) is 0 Å². The lowest BCUT2D eigenvalue weighted by atomic mass is 9.94. The van der Waals surface area contributed by atoms with E-state index in [1.165, 1.54) is 11.8 Å². The summed E-state index contributed by atoms with van der Waals surface area (Å²) < 4.78 is 16.7. The highest BCUT2D eigenvalue weighted by atomic mass is 32.2. The van der Waals surface area contributed by atoms with Crippen LogP contribution in [0.15, 0.2) is 46.1 Å². The average Bonchev–Trinajstić information content (AvgIpc) is 3.13. The third kappa shape index (κ3) is 4.04. The zero-order valence-corrected chi connectivity index (χ0v) is 17.7. The van der Waals surface area contributed by atoms with E-state index in [1.54, 1.807) is 14.0 Å². The van der Waals surface area contributed by atoms with Gasteiger partial charge < -0.3 is 19.1 Å². The number of carbonyl (C=O) groups is 1. The molecule has 0 N–H and O–H groups in total. The van der Waals surface area contributed by atoms with Crippen molar-refractivity contribution in [3.05, 3.63) is 46.6 Å². The van der Waals surface area contributed by atoms with Gasteiger partial charge in [-0.15, -0.1) is 0 Å². The maximum Gasteiger partial charge on any atom is 0.338 e. The Kier molecular flexibility index (Phi) is 6.34. The van der Waals surface area contributed by atoms with Crippen molar-refractivity contribution in [1.82, 2.24) is 4.90 Å². The van der Waals surface area contributed by atoms with E-state index >= 15 is 0 Å². The molecule has 150 valence electrons. The van der Waals surface area contributed by atoms with Crippen LogP contribution in [0.4, 0.5) is 0 Å². The molecule has 2 heterocycles. The summed E-state index contributed by atoms with van der Waals surface area (Å²) in [7, 11) is 1.62. The van der Waals surface area contributed by atoms with E-state index in [1.807, 2.05) is 41.6 Å². The molecule has 0 radical (unpaired) electrons. The number of esters is 1. The van der Waals surface area contributed by atoms with E-state index in [-0.39, 0.29) is 12.0 Å². The normalized spacial score (nSPS) is 18.3. The van der Waals surface area contributed by atoms with E-state index in [0.717, 1.165) is 10.7 Å². The lowest BCUT2D eigenvalue weighted by molar-refractivity contribution is -0.139. The van der Waals surface area contributed by atoms with Crippen molar-refractivity contribution in [3.8, 4) is 11.5 Å². The smallest absolute Gasteiger partial charge is 0.338 e. The zero-order valence-electron chi connectivity index (χ0n) is 16.9. The molecule has 0 bridgehead atoms. The molecule has 0 fully saturated rings. The molecule has 6 nitrogen and oxygen atoms in total. The predicted molar refractivity (Wildman–Crippen MR) is 111 cm³/mol. The van der Waals surface area contributed by atoms with E-state index < -0.39 is 0 Å². The van der Waals surface area contributed by atoms with Crippen LogP contribution in [0.2, 0.25) is 0 Å². The van der Waals surface area contributed by atoms with Gasteiger partial charge in [0.25, 0.3) is 0 Å². The van der Waals surface area contributed by atoms with Crippen LogP contribution >= 0.6 is 11.8 Å². The molecule has 0 saturated carbocycles. The summed E-state index contributed by atoms with van der Waals surface area (Å²) in [6.07, 6.45) is 1.94. The molecule has 7 heteroatoms. The highest BCUT2D eigenvalue weighted by molar-refractivity contribution is 8.16. The molecule has 1 atom stereocenters. The number of allylic oxidation sites excluding steroid dienone is 1. The minimum Gasteiger partial charge on any atom is -0.493 e. The average molecular weight is 403 g/mol. The van der Waals surface area contributed by atoms with Gasteiger partial charge in [-0.2, -0.15) is 0 Å². The van der Waals surface area contributed by atoms with Crippen LogP contribution in [0, 0.1) is 5.92 Å². The van der Waals surface area contributed by atoms with Crippen molar-refractivity contribution in [1.29, 1.82) is 0 Å². The van der Waals surface area contributed by atoms with Crippen LogP contribution in [0.5, 0.6) is 11.5 Å². The number of hydrogen-bond donors (Lipinski definition) is 0. The Morgan fingerprint density at radius 2 is 2.11 bits per heavy atom. The number of benzene rings is 1. The Morgan fingerprint density at radius 1 is 1.32 bits per heavy atom. The fourth-order valence-electron chi connectivity index (χ4n) is 3.13. The number of ether oxygens (including phenoxy) is 3. The number of nitrogens with zero attached hydrogens (tertiary/aromatic N) is 2. The van der Waals surface area contributed by atoms with Crippen molar-refractivity contribution in [2.75, 3.05) is 20.3 Å². The SMILES string of the molecule is CCOC(=O)C1=C(C)N=C2SC=CN2[C@H]1c1ccc(OCC(C)C)c(OC)c1. The van der Waals surface area contributed by atoms with Gasteiger partial charge in [-0.1, -0.05) is 31.7 Å². The van der Waals surface area contributed by atoms with Crippen LogP contribution in [0.25, 0.3) is 0 Å². The first-order valence-electron chi connectivity index (χ1n) is 9.35. The fourth-order valence-corrected chi connectivity index (χ4v) is 3.92. The number of rotatable bonds is 7. The molecule has 1 aromatic rings. The number of carbonyl (C=O) groups excluding carboxylic acids is 1. The summed E-state index contributed by atoms with van der Waals surface area (Å²) >= 11 is 1.53. The Morgan fingerprint density at radius 3 is 2.79 bits per heavy atom. The maximum absolute atomic E-state index is 12.7. The highest BCUT2D eigenvalue weighted by Gasteiger charge is 2.37. The lowest BCUT2D eigenvalue weighted by Crippen LogP contribution is -2.34. The molecule has 0 amide bonds. The van der Waals surface area contributed by atoms with E-state index in [2.05, 4.69) is 18.8 Å². The van der Waals surface area contributed by atoms with Crippen LogP contribution in [0.1, 0.15) is 39.3 Å². The third-order valence-electron chi connectivity index (χ3n) is 4.39. The fraction of sp³-hybridized carbons (Fsp3) is 0.429. The second-order valence-electron chi connectivity index (χ2n) is 6.94. The topological polar surface area (TPSA) is 60.4 Å². The third-order valence-corrected chi connectivity index (χ3v) is 5.16. The zero-order chi connectivity index (χ0) is 20.3. The molecule has 0 unspecified atom stereocenters. The van der Waals surface area contributed by atoms with Gasteiger partial charge in [-0.05, 0) is 42.9 Å². The van der Waals surface area contributed by atoms with E-state index in [0.29, 0.717) is 41.9 Å². The van der Waals surface area contributed by atoms with Gasteiger partial charge in [-0.3, -0.25) is 0 Å². The van der Waals surface area contributed by atoms with Crippen LogP contribution < -0.4 is 9.47 Å². The Balaban J connectivity index is 2.02. The number of thioether (sulfide) groups is 1. The van der Waals surface area contributed by atoms with Gasteiger partial charge in [0.15, 0.2) is 16.7 Å². The van der Waals surface area contributed by atoms with Crippen molar-refractivity contribution >= 4 is 22.9 Å². The molecule has 2 aliphatic heterocycles. The largest absolute Gasteiger partial charge is 0.493 e. The van der Waals surface area contributed by atoms with Crippen molar-refractivity contribution in [2.45, 2.75) is 33.7 Å². The molecule has 3 rings (SSSR count). The first-order valence-corrected chi connectivity index (χ1v) is 10.2. The first kappa shape index (κ1) is 20.3. The first-order chi connectivity index (χ1) is 13.5. The van der Waals surface area contributed by atoms with Gasteiger partial charge >= 0.3 is 5.97 Å². The highest BCUT2D eigenvalue weighted by Crippen LogP contribution is 2.43. The Hall–Kier alpha value is -2.41. The number of methoxy groups -OCH3 is 1. The maximum atomic E-state index is 12.7. The molecule has 0 aliphatic carbocycles. The van der Waals surface area contributed by atoms with Gasteiger partial charge in [0.1, 0.15) is 0 Å². The summed E-state index contributed by atoms with van der Waals surface area (Å²) in [5.41, 5.74) is 2.12. The van der Waals surface area contributed by atoms with Gasteiger partial charge in [0, 0.05) is 6.20 Å². The van der Waals surface area contributed by atoms with E-state index in [4.69, 9.17) is 14.2 Å². The Bertz CT molecular complexity index is 845. The number of aliphatic imine (C=N–C) groups is 1. The summed E-state index contributed by atoms with van der Waals surface area (Å²) in [6, 6.07) is 5.46. The summed E-state index contributed by atoms with van der Waals surface area (Å²) in [5.74, 6) is 1.39. The van der Waals surface area contributed by atoms with Crippen LogP contribution in [-0.4, -0.2) is 36.4 Å². The Labute approximate surface area is 170 Å². The number of hydrogen-bond acceptors (Lipinski definition) is 7. The molecule has 1 aromatic carbocycles. The van der Waals surface area contributed by atoms with Crippen molar-refractivity contribution in [2.24, 2.45) is 10.9 Å². The minimum absolute atomic E-state index is 0.314. The van der Waals surface area contributed by atoms with Crippen molar-refractivity contribution < 1.29 is 19.0 Å². The standard InChI is InChI=1S/C21H26N2O4S/c1-6-26-20(24)18-14(4)22-21-23(9-10-28-21)19(18)15-7-8-16(17(11-15)25-5)27-12-13(2)3/h7-11,13,19H,6,12H2,1-5H3/t19-/m0/s1. The summed E-state index contributed by atoms with van der Waals surface area (Å²) in [6.45, 7) is 8.76. The second kappa shape index (κ2) is 8.73. The minimum atomic E-state index is -0.350. The number of fused-ring (bicyclic) bond motifs is 1. The van der Waals surface area contributed by atoms with Gasteiger partial charge in [0.05, 0.1) is 37.6 Å². The number of amidine groups is 1. The molecule has 0 aromatic heterocycles. The quantitative estimate of drug-likeness (QED) is 0.626. The monoisotopic (exact) mass is 402 g/mol.